The van der Waals surface area contributed by atoms with Gasteiger partial charge in [-0.3, -0.25) is 25.2 Å². The maximum absolute atomic E-state index is 13.7. The van der Waals surface area contributed by atoms with Crippen molar-refractivity contribution < 1.29 is 27.2 Å². The first-order chi connectivity index (χ1) is 16.0. The molecule has 0 bridgehead atoms. The average Bonchev–Trinajstić information content (AvgIpc) is 2.81. The van der Waals surface area contributed by atoms with Crippen molar-refractivity contribution in [3.8, 4) is 0 Å². The molecule has 9 nitrogen and oxygen atoms in total. The predicted molar refractivity (Wildman–Crippen MR) is 125 cm³/mol. The third-order valence-electron chi connectivity index (χ3n) is 5.09. The van der Waals surface area contributed by atoms with Gasteiger partial charge in [-0.2, -0.15) is 4.31 Å². The molecule has 34 heavy (non-hydrogen) atoms. The number of nitrogens with zero attached hydrogens (tertiary/aromatic N) is 1. The third-order valence-corrected chi connectivity index (χ3v) is 7.14. The molecule has 0 aliphatic heterocycles. The van der Waals surface area contributed by atoms with Crippen LogP contribution in [0.25, 0.3) is 0 Å². The number of rotatable bonds is 9. The molecule has 0 aromatic heterocycles. The molecule has 0 fully saturated rings. The molecule has 2 rings (SSSR count). The minimum atomic E-state index is -3.77. The molecule has 11 heteroatoms. The number of hydrogen-bond donors (Lipinski definition) is 3. The van der Waals surface area contributed by atoms with Crippen molar-refractivity contribution >= 4 is 27.7 Å². The standard InChI is InChI=1S/C23H29FN4O5S/c1-5-28(6-2)34(32,33)17-11-9-10-16(14-17)21(29)25-20(15(3)4)23(31)27-26-22(30)18-12-7-8-13-19(18)24/h7-15,20H,5-6H2,1-4H3,(H,25,29)(H,26,30)(H,27,31)/t20-/m0/s1. The lowest BCUT2D eigenvalue weighted by molar-refractivity contribution is -0.124. The summed E-state index contributed by atoms with van der Waals surface area (Å²) >= 11 is 0. The van der Waals surface area contributed by atoms with Crippen molar-refractivity contribution in [3.63, 3.8) is 0 Å². The summed E-state index contributed by atoms with van der Waals surface area (Å²) < 4.78 is 40.5. The van der Waals surface area contributed by atoms with Crippen LogP contribution in [0.15, 0.2) is 53.4 Å². The zero-order chi connectivity index (χ0) is 25.5. The van der Waals surface area contributed by atoms with E-state index in [1.54, 1.807) is 27.7 Å². The number of hydrazine groups is 1. The fraction of sp³-hybridized carbons (Fsp3) is 0.348. The van der Waals surface area contributed by atoms with E-state index in [2.05, 4.69) is 16.2 Å². The van der Waals surface area contributed by atoms with Gasteiger partial charge in [0.05, 0.1) is 10.5 Å². The topological polar surface area (TPSA) is 125 Å². The van der Waals surface area contributed by atoms with Gasteiger partial charge in [-0.05, 0) is 36.2 Å². The van der Waals surface area contributed by atoms with Crippen LogP contribution in [0.1, 0.15) is 48.4 Å². The first-order valence-electron chi connectivity index (χ1n) is 10.8. The van der Waals surface area contributed by atoms with E-state index in [9.17, 15) is 27.2 Å². The highest BCUT2D eigenvalue weighted by Crippen LogP contribution is 2.17. The molecule has 0 spiro atoms. The first kappa shape index (κ1) is 26.9. The lowest BCUT2D eigenvalue weighted by Crippen LogP contribution is -2.54. The largest absolute Gasteiger partial charge is 0.340 e. The van der Waals surface area contributed by atoms with Crippen molar-refractivity contribution in [3.05, 3.63) is 65.5 Å². The molecule has 0 saturated heterocycles. The van der Waals surface area contributed by atoms with Crippen molar-refractivity contribution in [1.82, 2.24) is 20.5 Å². The zero-order valence-electron chi connectivity index (χ0n) is 19.5. The second kappa shape index (κ2) is 11.7. The van der Waals surface area contributed by atoms with E-state index < -0.39 is 39.6 Å². The van der Waals surface area contributed by atoms with E-state index in [-0.39, 0.29) is 35.0 Å². The Bertz CT molecular complexity index is 1150. The van der Waals surface area contributed by atoms with Gasteiger partial charge in [0.2, 0.25) is 10.0 Å². The van der Waals surface area contributed by atoms with Gasteiger partial charge in [0.1, 0.15) is 11.9 Å². The maximum atomic E-state index is 13.7. The predicted octanol–water partition coefficient (Wildman–Crippen LogP) is 2.07. The van der Waals surface area contributed by atoms with Crippen LogP contribution < -0.4 is 16.2 Å². The van der Waals surface area contributed by atoms with Crippen molar-refractivity contribution in [2.24, 2.45) is 5.92 Å². The molecule has 0 aliphatic rings. The quantitative estimate of drug-likeness (QED) is 0.462. The minimum Gasteiger partial charge on any atom is -0.340 e. The molecule has 3 N–H and O–H groups in total. The SMILES string of the molecule is CCN(CC)S(=O)(=O)c1cccc(C(=O)N[C@H](C(=O)NNC(=O)c2ccccc2F)C(C)C)c1. The minimum absolute atomic E-state index is 0.0356. The van der Waals surface area contributed by atoms with Crippen LogP contribution in [0, 0.1) is 11.7 Å². The zero-order valence-corrected chi connectivity index (χ0v) is 20.3. The number of hydrogen-bond acceptors (Lipinski definition) is 5. The molecule has 2 aromatic carbocycles. The van der Waals surface area contributed by atoms with Crippen LogP contribution in [-0.2, 0) is 14.8 Å². The molecule has 0 heterocycles. The van der Waals surface area contributed by atoms with E-state index in [0.29, 0.717) is 0 Å². The molecule has 0 aliphatic carbocycles. The number of benzene rings is 2. The summed E-state index contributed by atoms with van der Waals surface area (Å²) in [5.74, 6) is -3.36. The van der Waals surface area contributed by atoms with Crippen molar-refractivity contribution in [2.45, 2.75) is 38.6 Å². The molecule has 0 unspecified atom stereocenters. The summed E-state index contributed by atoms with van der Waals surface area (Å²) in [6, 6.07) is 9.75. The second-order valence-electron chi connectivity index (χ2n) is 7.74. The Labute approximate surface area is 198 Å². The summed E-state index contributed by atoms with van der Waals surface area (Å²) in [6.07, 6.45) is 0. The Hall–Kier alpha value is -3.31. The molecule has 1 atom stereocenters. The van der Waals surface area contributed by atoms with Gasteiger partial charge in [-0.1, -0.05) is 45.9 Å². The Balaban J connectivity index is 2.14. The van der Waals surface area contributed by atoms with Gasteiger partial charge in [0, 0.05) is 18.7 Å². The highest BCUT2D eigenvalue weighted by atomic mass is 32.2. The van der Waals surface area contributed by atoms with Crippen LogP contribution >= 0.6 is 0 Å². The van der Waals surface area contributed by atoms with Crippen LogP contribution in [0.5, 0.6) is 0 Å². The van der Waals surface area contributed by atoms with E-state index in [4.69, 9.17) is 0 Å². The Morgan fingerprint density at radius 2 is 1.59 bits per heavy atom. The number of carbonyl (C=O) groups excluding carboxylic acids is 3. The average molecular weight is 493 g/mol. The first-order valence-corrected chi connectivity index (χ1v) is 12.2. The summed E-state index contributed by atoms with van der Waals surface area (Å²) in [6.45, 7) is 7.37. The molecular formula is C23H29FN4O5S. The number of halogens is 1. The van der Waals surface area contributed by atoms with Gasteiger partial charge in [-0.15, -0.1) is 0 Å². The molecule has 184 valence electrons. The number of amides is 3. The lowest BCUT2D eigenvalue weighted by atomic mass is 10.0. The van der Waals surface area contributed by atoms with Gasteiger partial charge in [0.15, 0.2) is 0 Å². The van der Waals surface area contributed by atoms with Crippen molar-refractivity contribution in [1.29, 1.82) is 0 Å². The highest BCUT2D eigenvalue weighted by molar-refractivity contribution is 7.89. The Morgan fingerprint density at radius 1 is 0.941 bits per heavy atom. The Kier molecular flexibility index (Phi) is 9.28. The molecular weight excluding hydrogens is 463 g/mol. The van der Waals surface area contributed by atoms with E-state index in [1.807, 2.05) is 0 Å². The van der Waals surface area contributed by atoms with Gasteiger partial charge in [0.25, 0.3) is 17.7 Å². The fourth-order valence-electron chi connectivity index (χ4n) is 3.18. The third kappa shape index (κ3) is 6.39. The highest BCUT2D eigenvalue weighted by Gasteiger charge is 2.27. The monoisotopic (exact) mass is 492 g/mol. The smallest absolute Gasteiger partial charge is 0.272 e. The molecule has 2 aromatic rings. The molecule has 3 amide bonds. The normalized spacial score (nSPS) is 12.3. The van der Waals surface area contributed by atoms with Gasteiger partial charge < -0.3 is 5.32 Å². The molecule has 0 radical (unpaired) electrons. The summed E-state index contributed by atoms with van der Waals surface area (Å²) in [5.41, 5.74) is 4.12. The van der Waals surface area contributed by atoms with Crippen LogP contribution in [0.3, 0.4) is 0 Å². The van der Waals surface area contributed by atoms with Crippen molar-refractivity contribution in [2.75, 3.05) is 13.1 Å². The van der Waals surface area contributed by atoms with Gasteiger partial charge in [-0.25, -0.2) is 12.8 Å². The summed E-state index contributed by atoms with van der Waals surface area (Å²) in [7, 11) is -3.77. The van der Waals surface area contributed by atoms with Crippen LogP contribution in [-0.4, -0.2) is 49.6 Å². The van der Waals surface area contributed by atoms with E-state index in [0.717, 1.165) is 6.07 Å². The van der Waals surface area contributed by atoms with Crippen LogP contribution in [0.4, 0.5) is 4.39 Å². The van der Waals surface area contributed by atoms with Gasteiger partial charge >= 0.3 is 0 Å². The van der Waals surface area contributed by atoms with Crippen LogP contribution in [0.2, 0.25) is 0 Å². The number of sulfonamides is 1. The fourth-order valence-corrected chi connectivity index (χ4v) is 4.68. The van der Waals surface area contributed by atoms with E-state index in [1.165, 1.54) is 46.8 Å². The summed E-state index contributed by atoms with van der Waals surface area (Å²) in [5, 5.41) is 2.56. The Morgan fingerprint density at radius 3 is 2.18 bits per heavy atom. The number of nitrogens with one attached hydrogen (secondary N) is 3. The molecule has 0 saturated carbocycles. The second-order valence-corrected chi connectivity index (χ2v) is 9.67. The lowest BCUT2D eigenvalue weighted by Gasteiger charge is -2.22. The maximum Gasteiger partial charge on any atom is 0.272 e. The van der Waals surface area contributed by atoms with E-state index >= 15 is 0 Å². The number of carbonyl (C=O) groups is 3. The summed E-state index contributed by atoms with van der Waals surface area (Å²) in [4.78, 5) is 37.5.